The Kier molecular flexibility index (Phi) is 4.00. The van der Waals surface area contributed by atoms with E-state index in [-0.39, 0.29) is 5.60 Å². The molecule has 2 rings (SSSR count). The van der Waals surface area contributed by atoms with Crippen LogP contribution >= 0.6 is 0 Å². The molecule has 0 N–H and O–H groups in total. The molecule has 2 aliphatic rings. The Balaban J connectivity index is 2.04. The van der Waals surface area contributed by atoms with Crippen molar-refractivity contribution in [3.05, 3.63) is 0 Å². The zero-order valence-electron chi connectivity index (χ0n) is 9.67. The summed E-state index contributed by atoms with van der Waals surface area (Å²) >= 11 is 0. The van der Waals surface area contributed by atoms with Gasteiger partial charge in [-0.2, -0.15) is 0 Å². The zero-order valence-corrected chi connectivity index (χ0v) is 9.67. The predicted octanol–water partition coefficient (Wildman–Crippen LogP) is 2.69. The van der Waals surface area contributed by atoms with Gasteiger partial charge in [-0.05, 0) is 38.5 Å². The molecule has 1 saturated heterocycles. The lowest BCUT2D eigenvalue weighted by Gasteiger charge is -2.40. The third-order valence-corrected chi connectivity index (χ3v) is 3.70. The van der Waals surface area contributed by atoms with Crippen molar-refractivity contribution in [3.63, 3.8) is 0 Å². The second-order valence-corrected chi connectivity index (χ2v) is 4.69. The van der Waals surface area contributed by atoms with Gasteiger partial charge in [0.25, 0.3) is 0 Å². The van der Waals surface area contributed by atoms with E-state index in [0.717, 1.165) is 26.1 Å². The molecule has 3 nitrogen and oxygen atoms in total. The molecule has 0 radical (unpaired) electrons. The average molecular weight is 214 g/mol. The molecule has 1 saturated carbocycles. The summed E-state index contributed by atoms with van der Waals surface area (Å²) in [5, 5.41) is 0. The molecule has 1 aliphatic carbocycles. The van der Waals surface area contributed by atoms with E-state index in [1.165, 1.54) is 25.7 Å². The molecule has 1 aliphatic heterocycles. The maximum Gasteiger partial charge on any atom is 0.129 e. The van der Waals surface area contributed by atoms with E-state index < -0.39 is 0 Å². The van der Waals surface area contributed by atoms with Crippen molar-refractivity contribution >= 4 is 0 Å². The van der Waals surface area contributed by atoms with Gasteiger partial charge in [0.15, 0.2) is 0 Å². The van der Waals surface area contributed by atoms with Crippen LogP contribution in [0.15, 0.2) is 0 Å². The summed E-state index contributed by atoms with van der Waals surface area (Å²) in [6.45, 7) is 4.24. The molecule has 0 spiro atoms. The Morgan fingerprint density at radius 1 is 1.27 bits per heavy atom. The number of hydrogen-bond donors (Lipinski definition) is 0. The molecular weight excluding hydrogens is 192 g/mol. The minimum atomic E-state index is -0.134. The molecule has 0 aromatic heterocycles. The molecule has 1 heterocycles. The zero-order chi connectivity index (χ0) is 10.6. The third kappa shape index (κ3) is 2.52. The van der Waals surface area contributed by atoms with Crippen LogP contribution in [0.25, 0.3) is 0 Å². The summed E-state index contributed by atoms with van der Waals surface area (Å²) in [5.74, 6) is 0.639. The summed E-state index contributed by atoms with van der Waals surface area (Å²) in [6.07, 6.45) is 7.30. The lowest BCUT2D eigenvalue weighted by molar-refractivity contribution is -0.377. The van der Waals surface area contributed by atoms with E-state index in [9.17, 15) is 0 Å². The van der Waals surface area contributed by atoms with Crippen molar-refractivity contribution in [3.8, 4) is 0 Å². The van der Waals surface area contributed by atoms with E-state index in [1.54, 1.807) is 0 Å². The van der Waals surface area contributed by atoms with Gasteiger partial charge in [0, 0.05) is 6.61 Å². The largest absolute Gasteiger partial charge is 0.379 e. The minimum absolute atomic E-state index is 0.134. The second kappa shape index (κ2) is 5.28. The molecule has 0 aromatic carbocycles. The van der Waals surface area contributed by atoms with Gasteiger partial charge in [0.2, 0.25) is 0 Å². The maximum atomic E-state index is 5.67. The SMILES string of the molecule is CCOCC12CCCCC1CCCOO2. The van der Waals surface area contributed by atoms with Crippen molar-refractivity contribution in [2.45, 2.75) is 51.0 Å². The van der Waals surface area contributed by atoms with Crippen LogP contribution in [0.2, 0.25) is 0 Å². The molecular formula is C12H22O3. The Labute approximate surface area is 92.0 Å². The molecule has 15 heavy (non-hydrogen) atoms. The maximum absolute atomic E-state index is 5.67. The van der Waals surface area contributed by atoms with E-state index in [1.807, 2.05) is 6.92 Å². The Morgan fingerprint density at radius 3 is 3.00 bits per heavy atom. The molecule has 0 bridgehead atoms. The van der Waals surface area contributed by atoms with Crippen LogP contribution in [-0.2, 0) is 14.5 Å². The van der Waals surface area contributed by atoms with Crippen molar-refractivity contribution in [2.24, 2.45) is 5.92 Å². The quantitative estimate of drug-likeness (QED) is 0.676. The monoisotopic (exact) mass is 214 g/mol. The van der Waals surface area contributed by atoms with Crippen LogP contribution in [0.4, 0.5) is 0 Å². The summed E-state index contributed by atoms with van der Waals surface area (Å²) in [6, 6.07) is 0. The number of hydrogen-bond acceptors (Lipinski definition) is 3. The highest BCUT2D eigenvalue weighted by atomic mass is 17.2. The molecule has 0 amide bonds. The minimum Gasteiger partial charge on any atom is -0.379 e. The Bertz CT molecular complexity index is 195. The molecule has 2 fully saturated rings. The van der Waals surface area contributed by atoms with E-state index in [2.05, 4.69) is 0 Å². The number of ether oxygens (including phenoxy) is 1. The van der Waals surface area contributed by atoms with E-state index in [0.29, 0.717) is 12.5 Å². The first kappa shape index (κ1) is 11.4. The Morgan fingerprint density at radius 2 is 2.13 bits per heavy atom. The lowest BCUT2D eigenvalue weighted by Crippen LogP contribution is -2.46. The van der Waals surface area contributed by atoms with Crippen LogP contribution in [0, 0.1) is 5.92 Å². The molecule has 3 heteroatoms. The van der Waals surface area contributed by atoms with Crippen molar-refractivity contribution in [2.75, 3.05) is 19.8 Å². The Hall–Kier alpha value is -0.120. The standard InChI is InChI=1S/C12H22O3/c1-2-13-10-12-8-4-3-6-11(12)7-5-9-14-15-12/h11H,2-10H2,1H3. The van der Waals surface area contributed by atoms with Crippen LogP contribution in [0.3, 0.4) is 0 Å². The molecule has 2 unspecified atom stereocenters. The van der Waals surface area contributed by atoms with Crippen molar-refractivity contribution < 1.29 is 14.5 Å². The summed E-state index contributed by atoms with van der Waals surface area (Å²) in [5.41, 5.74) is -0.134. The fraction of sp³-hybridized carbons (Fsp3) is 1.00. The van der Waals surface area contributed by atoms with Gasteiger partial charge >= 0.3 is 0 Å². The van der Waals surface area contributed by atoms with Gasteiger partial charge < -0.3 is 4.74 Å². The van der Waals surface area contributed by atoms with Crippen LogP contribution in [0.1, 0.15) is 45.4 Å². The highest BCUT2D eigenvalue weighted by Gasteiger charge is 2.44. The first-order valence-corrected chi connectivity index (χ1v) is 6.26. The third-order valence-electron chi connectivity index (χ3n) is 3.70. The molecule has 0 aromatic rings. The van der Waals surface area contributed by atoms with Gasteiger partial charge in [-0.15, -0.1) is 0 Å². The first-order valence-electron chi connectivity index (χ1n) is 6.26. The highest BCUT2D eigenvalue weighted by molar-refractivity contribution is 4.91. The fourth-order valence-electron chi connectivity index (χ4n) is 2.84. The number of fused-ring (bicyclic) bond motifs is 1. The normalized spacial score (nSPS) is 37.0. The molecule has 88 valence electrons. The van der Waals surface area contributed by atoms with Gasteiger partial charge in [-0.25, -0.2) is 9.78 Å². The van der Waals surface area contributed by atoms with Crippen LogP contribution < -0.4 is 0 Å². The van der Waals surface area contributed by atoms with Crippen LogP contribution in [0.5, 0.6) is 0 Å². The second-order valence-electron chi connectivity index (χ2n) is 4.69. The van der Waals surface area contributed by atoms with Crippen molar-refractivity contribution in [1.29, 1.82) is 0 Å². The van der Waals surface area contributed by atoms with Crippen LogP contribution in [-0.4, -0.2) is 25.4 Å². The average Bonchev–Trinajstić information content (AvgIpc) is 2.49. The lowest BCUT2D eigenvalue weighted by atomic mass is 9.74. The van der Waals surface area contributed by atoms with Crippen molar-refractivity contribution in [1.82, 2.24) is 0 Å². The molecule has 2 atom stereocenters. The highest BCUT2D eigenvalue weighted by Crippen LogP contribution is 2.41. The smallest absolute Gasteiger partial charge is 0.129 e. The van der Waals surface area contributed by atoms with E-state index >= 15 is 0 Å². The van der Waals surface area contributed by atoms with E-state index in [4.69, 9.17) is 14.5 Å². The van der Waals surface area contributed by atoms with Gasteiger partial charge in [0.1, 0.15) is 5.60 Å². The summed E-state index contributed by atoms with van der Waals surface area (Å²) in [7, 11) is 0. The fourth-order valence-corrected chi connectivity index (χ4v) is 2.84. The summed E-state index contributed by atoms with van der Waals surface area (Å²) in [4.78, 5) is 11.0. The van der Waals surface area contributed by atoms with Gasteiger partial charge in [-0.1, -0.05) is 12.8 Å². The topological polar surface area (TPSA) is 27.7 Å². The van der Waals surface area contributed by atoms with Gasteiger partial charge in [-0.3, -0.25) is 0 Å². The first-order chi connectivity index (χ1) is 7.37. The number of rotatable bonds is 3. The summed E-state index contributed by atoms with van der Waals surface area (Å²) < 4.78 is 5.58. The predicted molar refractivity (Wildman–Crippen MR) is 57.5 cm³/mol. The van der Waals surface area contributed by atoms with Gasteiger partial charge in [0.05, 0.1) is 13.2 Å².